The third kappa shape index (κ3) is 2.87. The van der Waals surface area contributed by atoms with E-state index in [0.29, 0.717) is 12.1 Å². The molecule has 0 aliphatic heterocycles. The van der Waals surface area contributed by atoms with E-state index in [1.165, 1.54) is 6.26 Å². The van der Waals surface area contributed by atoms with Crippen LogP contribution in [0.1, 0.15) is 11.3 Å². The number of hydrogen-bond acceptors (Lipinski definition) is 4. The number of sulfone groups is 1. The number of pyridine rings is 1. The summed E-state index contributed by atoms with van der Waals surface area (Å²) in [6.07, 6.45) is 3.25. The Morgan fingerprint density at radius 1 is 1.17 bits per heavy atom. The molecule has 0 radical (unpaired) electrons. The van der Waals surface area contributed by atoms with Crippen molar-refractivity contribution in [1.82, 2.24) is 4.98 Å². The van der Waals surface area contributed by atoms with Crippen LogP contribution in [-0.2, 0) is 16.3 Å². The van der Waals surface area contributed by atoms with Crippen LogP contribution in [0.5, 0.6) is 5.75 Å². The van der Waals surface area contributed by atoms with E-state index in [0.717, 1.165) is 5.56 Å². The van der Waals surface area contributed by atoms with Crippen molar-refractivity contribution in [3.8, 4) is 5.75 Å². The average Bonchev–Trinajstić information content (AvgIpc) is 2.32. The number of rotatable bonds is 3. The van der Waals surface area contributed by atoms with Crippen molar-refractivity contribution in [2.75, 3.05) is 6.26 Å². The van der Waals surface area contributed by atoms with E-state index >= 15 is 0 Å². The van der Waals surface area contributed by atoms with Crippen molar-refractivity contribution >= 4 is 9.84 Å². The summed E-state index contributed by atoms with van der Waals surface area (Å²) in [6, 6.07) is 9.81. The van der Waals surface area contributed by atoms with Crippen LogP contribution in [0.15, 0.2) is 47.5 Å². The van der Waals surface area contributed by atoms with Gasteiger partial charge in [0.25, 0.3) is 0 Å². The van der Waals surface area contributed by atoms with Crippen molar-refractivity contribution in [1.29, 1.82) is 0 Å². The monoisotopic (exact) mass is 263 g/mol. The molecule has 0 unspecified atom stereocenters. The molecule has 94 valence electrons. The van der Waals surface area contributed by atoms with Crippen LogP contribution in [-0.4, -0.2) is 24.8 Å². The van der Waals surface area contributed by atoms with E-state index in [1.54, 1.807) is 42.6 Å². The molecule has 0 saturated carbocycles. The summed E-state index contributed by atoms with van der Waals surface area (Å²) in [5.74, 6) is 0.143. The maximum Gasteiger partial charge on any atom is 0.175 e. The van der Waals surface area contributed by atoms with Gasteiger partial charge < -0.3 is 5.11 Å². The summed E-state index contributed by atoms with van der Waals surface area (Å²) in [7, 11) is -3.17. The molecule has 0 fully saturated rings. The first-order valence-electron chi connectivity index (χ1n) is 5.38. The lowest BCUT2D eigenvalue weighted by Gasteiger charge is -2.04. The molecule has 2 rings (SSSR count). The number of hydrogen-bond donors (Lipinski definition) is 1. The lowest BCUT2D eigenvalue weighted by atomic mass is 10.1. The van der Waals surface area contributed by atoms with Gasteiger partial charge in [0.05, 0.1) is 10.6 Å². The van der Waals surface area contributed by atoms with Gasteiger partial charge in [0.2, 0.25) is 0 Å². The van der Waals surface area contributed by atoms with Gasteiger partial charge in [-0.2, -0.15) is 0 Å². The average molecular weight is 263 g/mol. The Morgan fingerprint density at radius 3 is 2.39 bits per heavy atom. The zero-order chi connectivity index (χ0) is 13.2. The fourth-order valence-corrected chi connectivity index (χ4v) is 2.24. The molecular weight excluding hydrogens is 250 g/mol. The Labute approximate surface area is 106 Å². The minimum absolute atomic E-state index is 0.143. The second-order valence-corrected chi connectivity index (χ2v) is 6.08. The molecule has 0 amide bonds. The van der Waals surface area contributed by atoms with E-state index in [4.69, 9.17) is 0 Å². The summed E-state index contributed by atoms with van der Waals surface area (Å²) in [4.78, 5) is 4.36. The zero-order valence-electron chi connectivity index (χ0n) is 9.87. The van der Waals surface area contributed by atoms with Gasteiger partial charge in [-0.3, -0.25) is 4.98 Å². The van der Waals surface area contributed by atoms with Crippen LogP contribution < -0.4 is 0 Å². The van der Waals surface area contributed by atoms with Crippen molar-refractivity contribution in [3.63, 3.8) is 0 Å². The summed E-state index contributed by atoms with van der Waals surface area (Å²) >= 11 is 0. The first-order chi connectivity index (χ1) is 8.47. The Kier molecular flexibility index (Phi) is 3.34. The quantitative estimate of drug-likeness (QED) is 0.916. The van der Waals surface area contributed by atoms with E-state index in [9.17, 15) is 13.5 Å². The van der Waals surface area contributed by atoms with Gasteiger partial charge in [0.15, 0.2) is 9.84 Å². The number of aromatic nitrogens is 1. The minimum Gasteiger partial charge on any atom is -0.506 e. The van der Waals surface area contributed by atoms with Crippen molar-refractivity contribution < 1.29 is 13.5 Å². The predicted octanol–water partition coefficient (Wildman–Crippen LogP) is 1.78. The molecule has 5 heteroatoms. The molecule has 18 heavy (non-hydrogen) atoms. The van der Waals surface area contributed by atoms with E-state index in [-0.39, 0.29) is 10.6 Å². The topological polar surface area (TPSA) is 67.3 Å². The second-order valence-electron chi connectivity index (χ2n) is 4.06. The van der Waals surface area contributed by atoms with Crippen LogP contribution in [0.4, 0.5) is 0 Å². The molecule has 1 aromatic heterocycles. The van der Waals surface area contributed by atoms with Gasteiger partial charge in [-0.15, -0.1) is 0 Å². The van der Waals surface area contributed by atoms with E-state index < -0.39 is 9.84 Å². The standard InChI is InChI=1S/C13H13NO3S/c1-18(16,17)11-6-4-10(5-7-11)9-12-13(15)3-2-8-14-12/h2-8,15H,9H2,1H3. The highest BCUT2D eigenvalue weighted by molar-refractivity contribution is 7.90. The van der Waals surface area contributed by atoms with Gasteiger partial charge in [-0.25, -0.2) is 8.42 Å². The molecule has 1 aromatic carbocycles. The molecule has 0 bridgehead atoms. The SMILES string of the molecule is CS(=O)(=O)c1ccc(Cc2ncccc2O)cc1. The summed E-state index contributed by atoms with van der Waals surface area (Å²) in [5, 5.41) is 9.60. The molecule has 0 aliphatic carbocycles. The highest BCUT2D eigenvalue weighted by Crippen LogP contribution is 2.18. The second kappa shape index (κ2) is 4.78. The molecule has 0 aliphatic rings. The summed E-state index contributed by atoms with van der Waals surface area (Å²) in [6.45, 7) is 0. The molecule has 1 heterocycles. The van der Waals surface area contributed by atoms with Crippen LogP contribution in [0, 0.1) is 0 Å². The highest BCUT2D eigenvalue weighted by Gasteiger charge is 2.07. The van der Waals surface area contributed by atoms with Crippen LogP contribution >= 0.6 is 0 Å². The molecule has 0 atom stereocenters. The predicted molar refractivity (Wildman–Crippen MR) is 68.3 cm³/mol. The Hall–Kier alpha value is -1.88. The fraction of sp³-hybridized carbons (Fsp3) is 0.154. The molecule has 2 aromatic rings. The molecule has 0 saturated heterocycles. The fourth-order valence-electron chi connectivity index (χ4n) is 1.61. The summed E-state index contributed by atoms with van der Waals surface area (Å²) < 4.78 is 22.6. The third-order valence-electron chi connectivity index (χ3n) is 2.59. The summed E-state index contributed by atoms with van der Waals surface area (Å²) in [5.41, 5.74) is 1.47. The smallest absolute Gasteiger partial charge is 0.175 e. The van der Waals surface area contributed by atoms with Crippen LogP contribution in [0.2, 0.25) is 0 Å². The highest BCUT2D eigenvalue weighted by atomic mass is 32.2. The first-order valence-corrected chi connectivity index (χ1v) is 7.28. The lowest BCUT2D eigenvalue weighted by Crippen LogP contribution is -1.98. The number of benzene rings is 1. The first kappa shape index (κ1) is 12.6. The van der Waals surface area contributed by atoms with Crippen LogP contribution in [0.3, 0.4) is 0 Å². The minimum atomic E-state index is -3.17. The van der Waals surface area contributed by atoms with Gasteiger partial charge in [-0.1, -0.05) is 12.1 Å². The molecule has 1 N–H and O–H groups in total. The zero-order valence-corrected chi connectivity index (χ0v) is 10.7. The Balaban J connectivity index is 2.24. The Bertz CT molecular complexity index is 648. The van der Waals surface area contributed by atoms with Gasteiger partial charge >= 0.3 is 0 Å². The van der Waals surface area contributed by atoms with Crippen molar-refractivity contribution in [2.24, 2.45) is 0 Å². The largest absolute Gasteiger partial charge is 0.506 e. The van der Waals surface area contributed by atoms with E-state index in [2.05, 4.69) is 4.98 Å². The van der Waals surface area contributed by atoms with Crippen molar-refractivity contribution in [2.45, 2.75) is 11.3 Å². The molecule has 0 spiro atoms. The Morgan fingerprint density at radius 2 is 1.83 bits per heavy atom. The maximum atomic E-state index is 11.3. The third-order valence-corrected chi connectivity index (χ3v) is 3.72. The molecular formula is C13H13NO3S. The normalized spacial score (nSPS) is 11.4. The van der Waals surface area contributed by atoms with Crippen molar-refractivity contribution in [3.05, 3.63) is 53.9 Å². The lowest BCUT2D eigenvalue weighted by molar-refractivity contribution is 0.465. The van der Waals surface area contributed by atoms with E-state index in [1.807, 2.05) is 0 Å². The molecule has 4 nitrogen and oxygen atoms in total. The van der Waals surface area contributed by atoms with Gasteiger partial charge in [0, 0.05) is 18.9 Å². The number of nitrogens with zero attached hydrogens (tertiary/aromatic N) is 1. The maximum absolute atomic E-state index is 11.3. The van der Waals surface area contributed by atoms with Crippen LogP contribution in [0.25, 0.3) is 0 Å². The number of aromatic hydroxyl groups is 1. The van der Waals surface area contributed by atoms with Gasteiger partial charge in [-0.05, 0) is 29.8 Å². The van der Waals surface area contributed by atoms with Gasteiger partial charge in [0.1, 0.15) is 5.75 Å².